The van der Waals surface area contributed by atoms with Crippen molar-refractivity contribution in [1.82, 2.24) is 34.7 Å². The summed E-state index contributed by atoms with van der Waals surface area (Å²) in [5.41, 5.74) is 3.26. The maximum atomic E-state index is 14.7. The van der Waals surface area contributed by atoms with Gasteiger partial charge in [-0.2, -0.15) is 5.10 Å². The molecule has 0 aliphatic carbocycles. The van der Waals surface area contributed by atoms with Crippen LogP contribution in [0.5, 0.6) is 0 Å². The highest BCUT2D eigenvalue weighted by molar-refractivity contribution is 9.10. The molecule has 4 heterocycles. The Morgan fingerprint density at radius 2 is 2.02 bits per heavy atom. The van der Waals surface area contributed by atoms with E-state index < -0.39 is 48.7 Å². The lowest BCUT2D eigenvalue weighted by atomic mass is 9.92. The number of aromatic nitrogens is 7. The topological polar surface area (TPSA) is 133 Å². The highest BCUT2D eigenvalue weighted by atomic mass is 79.9. The average Bonchev–Trinajstić information content (AvgIpc) is 3.71. The molecule has 0 unspecified atom stereocenters. The van der Waals surface area contributed by atoms with E-state index in [0.717, 1.165) is 10.2 Å². The summed E-state index contributed by atoms with van der Waals surface area (Å²) in [6.45, 7) is 1.22. The van der Waals surface area contributed by atoms with Gasteiger partial charge in [0.15, 0.2) is 17.5 Å². The first-order valence-electron chi connectivity index (χ1n) is 12.1. The summed E-state index contributed by atoms with van der Waals surface area (Å²) in [5, 5.41) is 34.0. The van der Waals surface area contributed by atoms with Crippen LogP contribution in [-0.4, -0.2) is 77.0 Å². The third-order valence-electron chi connectivity index (χ3n) is 6.82. The van der Waals surface area contributed by atoms with E-state index in [1.807, 2.05) is 18.2 Å². The minimum absolute atomic E-state index is 0.0250. The van der Waals surface area contributed by atoms with Gasteiger partial charge in [-0.15, -0.1) is 16.4 Å². The van der Waals surface area contributed by atoms with Gasteiger partial charge in [0.2, 0.25) is 0 Å². The van der Waals surface area contributed by atoms with E-state index in [1.54, 1.807) is 17.1 Å². The lowest BCUT2D eigenvalue weighted by molar-refractivity contribution is -0.217. The zero-order valence-electron chi connectivity index (χ0n) is 21.0. The van der Waals surface area contributed by atoms with Crippen LogP contribution in [0, 0.1) is 18.6 Å². The fourth-order valence-corrected chi connectivity index (χ4v) is 5.94. The van der Waals surface area contributed by atoms with Crippen LogP contribution in [0.25, 0.3) is 27.2 Å². The zero-order valence-corrected chi connectivity index (χ0v) is 23.4. The van der Waals surface area contributed by atoms with E-state index in [0.29, 0.717) is 17.3 Å². The van der Waals surface area contributed by atoms with Crippen LogP contribution in [-0.2, 0) is 9.47 Å². The predicted molar refractivity (Wildman–Crippen MR) is 143 cm³/mol. The molecule has 0 amide bonds. The summed E-state index contributed by atoms with van der Waals surface area (Å²) in [6, 6.07) is 7.46. The van der Waals surface area contributed by atoms with E-state index in [4.69, 9.17) is 9.47 Å². The molecule has 0 bridgehead atoms. The summed E-state index contributed by atoms with van der Waals surface area (Å²) in [5.74, 6) is -1.30. The van der Waals surface area contributed by atoms with Crippen molar-refractivity contribution in [1.29, 1.82) is 0 Å². The molecule has 1 aliphatic heterocycles. The Bertz CT molecular complexity index is 1690. The Labute approximate surface area is 238 Å². The van der Waals surface area contributed by atoms with Gasteiger partial charge in [-0.3, -0.25) is 0 Å². The minimum atomic E-state index is -1.29. The molecule has 2 N–H and O–H groups in total. The first-order chi connectivity index (χ1) is 19.3. The Balaban J connectivity index is 1.42. The number of methoxy groups -OCH3 is 1. The first-order valence-corrected chi connectivity index (χ1v) is 13.8. The summed E-state index contributed by atoms with van der Waals surface area (Å²) in [6.07, 6.45) is -2.77. The van der Waals surface area contributed by atoms with E-state index in [1.165, 1.54) is 41.5 Å². The fraction of sp³-hybridized carbons (Fsp3) is 0.320. The third-order valence-corrected chi connectivity index (χ3v) is 8.22. The molecule has 40 heavy (non-hydrogen) atoms. The van der Waals surface area contributed by atoms with E-state index in [-0.39, 0.29) is 15.7 Å². The van der Waals surface area contributed by atoms with E-state index in [2.05, 4.69) is 41.3 Å². The number of halogens is 3. The van der Waals surface area contributed by atoms with Crippen molar-refractivity contribution in [3.8, 4) is 16.9 Å². The van der Waals surface area contributed by atoms with Crippen LogP contribution in [0.3, 0.4) is 0 Å². The van der Waals surface area contributed by atoms with Gasteiger partial charge in [0, 0.05) is 12.7 Å². The number of ether oxygens (including phenoxy) is 2. The molecule has 1 saturated heterocycles. The Morgan fingerprint density at radius 3 is 2.80 bits per heavy atom. The standard InChI is InChI=1S/C25H22BrF2N7O4S/c1-11-30-25(35(32-11)12-3-6-15-18(7-12)40-10-29-15)24-23(38-2)21(22(37)17(9-36)39-24)34-8-16(31-33-34)13-4-5-14(26)20(28)19(13)27/h3-8,10,17,21-24,36-37H,9H2,1-2H3/t17-,21+,22+,23-,24-/m1/s1. The quantitative estimate of drug-likeness (QED) is 0.269. The van der Waals surface area contributed by atoms with Crippen molar-refractivity contribution in [3.05, 3.63) is 69.8 Å². The number of aryl methyl sites for hydroxylation is 1. The molecular weight excluding hydrogens is 612 g/mol. The molecule has 5 atom stereocenters. The SMILES string of the molecule is CO[C@@H]1[C@@H](n2cc(-c3ccc(Br)c(F)c3F)nn2)[C@@H](O)[C@@H](CO)O[C@H]1c1nc(C)nn1-c1ccc2ncsc2c1. The molecule has 0 radical (unpaired) electrons. The van der Waals surface area contributed by atoms with Gasteiger partial charge >= 0.3 is 0 Å². The van der Waals surface area contributed by atoms with Gasteiger partial charge in [-0.1, -0.05) is 5.21 Å². The Kier molecular flexibility index (Phi) is 7.18. The van der Waals surface area contributed by atoms with Crippen LogP contribution >= 0.6 is 27.3 Å². The van der Waals surface area contributed by atoms with Crippen LogP contribution in [0.1, 0.15) is 23.8 Å². The molecule has 1 aliphatic rings. The normalized spacial score (nSPS) is 23.2. The first kappa shape index (κ1) is 27.0. The largest absolute Gasteiger partial charge is 0.394 e. The smallest absolute Gasteiger partial charge is 0.173 e. The Hall–Kier alpha value is -3.21. The minimum Gasteiger partial charge on any atom is -0.394 e. The number of hydrogen-bond donors (Lipinski definition) is 2. The summed E-state index contributed by atoms with van der Waals surface area (Å²) < 4.78 is 44.7. The molecule has 5 aromatic rings. The summed E-state index contributed by atoms with van der Waals surface area (Å²) in [7, 11) is 1.44. The van der Waals surface area contributed by atoms with Crippen LogP contribution in [0.4, 0.5) is 8.78 Å². The van der Waals surface area contributed by atoms with E-state index in [9.17, 15) is 19.0 Å². The molecule has 3 aromatic heterocycles. The summed E-state index contributed by atoms with van der Waals surface area (Å²) in [4.78, 5) is 8.93. The lowest BCUT2D eigenvalue weighted by Crippen LogP contribution is -2.53. The average molecular weight is 634 g/mol. The second kappa shape index (κ2) is 10.6. The van der Waals surface area contributed by atoms with Gasteiger partial charge in [-0.25, -0.2) is 28.1 Å². The number of fused-ring (bicyclic) bond motifs is 1. The van der Waals surface area contributed by atoms with Gasteiger partial charge in [-0.05, 0) is 53.2 Å². The number of aliphatic hydroxyl groups is 2. The number of aliphatic hydroxyl groups excluding tert-OH is 2. The molecule has 0 saturated carbocycles. The van der Waals surface area contributed by atoms with Crippen molar-refractivity contribution in [2.75, 3.05) is 13.7 Å². The van der Waals surface area contributed by atoms with Crippen LogP contribution in [0.15, 0.2) is 46.5 Å². The lowest BCUT2D eigenvalue weighted by Gasteiger charge is -2.43. The number of hydrogen-bond acceptors (Lipinski definition) is 10. The molecular formula is C25H22BrF2N7O4S. The third kappa shape index (κ3) is 4.52. The maximum absolute atomic E-state index is 14.7. The maximum Gasteiger partial charge on any atom is 0.173 e. The van der Waals surface area contributed by atoms with Gasteiger partial charge in [0.05, 0.1) is 38.7 Å². The Morgan fingerprint density at radius 1 is 1.20 bits per heavy atom. The number of thiazole rings is 1. The van der Waals surface area contributed by atoms with Crippen molar-refractivity contribution < 1.29 is 28.5 Å². The molecule has 6 rings (SSSR count). The van der Waals surface area contributed by atoms with Gasteiger partial charge in [0.1, 0.15) is 42.0 Å². The van der Waals surface area contributed by atoms with Crippen molar-refractivity contribution in [2.24, 2.45) is 0 Å². The van der Waals surface area contributed by atoms with Crippen LogP contribution in [0.2, 0.25) is 0 Å². The zero-order chi connectivity index (χ0) is 28.1. The number of benzene rings is 2. The second-order valence-corrected chi connectivity index (χ2v) is 10.9. The fourth-order valence-electron chi connectivity index (χ4n) is 4.92. The van der Waals surface area contributed by atoms with Crippen molar-refractivity contribution >= 4 is 37.5 Å². The molecule has 2 aromatic carbocycles. The van der Waals surface area contributed by atoms with Crippen molar-refractivity contribution in [2.45, 2.75) is 37.4 Å². The monoisotopic (exact) mass is 633 g/mol. The molecule has 0 spiro atoms. The summed E-state index contributed by atoms with van der Waals surface area (Å²) >= 11 is 4.45. The molecule has 15 heteroatoms. The molecule has 11 nitrogen and oxygen atoms in total. The molecule has 1 fully saturated rings. The van der Waals surface area contributed by atoms with Gasteiger partial charge in [0.25, 0.3) is 0 Å². The van der Waals surface area contributed by atoms with Crippen LogP contribution < -0.4 is 0 Å². The molecule has 208 valence electrons. The van der Waals surface area contributed by atoms with E-state index >= 15 is 0 Å². The van der Waals surface area contributed by atoms with Crippen molar-refractivity contribution in [3.63, 3.8) is 0 Å². The van der Waals surface area contributed by atoms with Gasteiger partial charge < -0.3 is 19.7 Å². The second-order valence-electron chi connectivity index (χ2n) is 9.20. The number of rotatable bonds is 6. The highest BCUT2D eigenvalue weighted by Crippen LogP contribution is 2.40. The highest BCUT2D eigenvalue weighted by Gasteiger charge is 2.49. The predicted octanol–water partition coefficient (Wildman–Crippen LogP) is 3.53. The number of nitrogens with zero attached hydrogens (tertiary/aromatic N) is 7.